The van der Waals surface area contributed by atoms with Gasteiger partial charge in [-0.1, -0.05) is 13.8 Å². The third-order valence-corrected chi connectivity index (χ3v) is 5.82. The average Bonchev–Trinajstić information content (AvgIpc) is 2.83. The van der Waals surface area contributed by atoms with Gasteiger partial charge in [0.05, 0.1) is 23.7 Å². The number of alkyl halides is 3. The summed E-state index contributed by atoms with van der Waals surface area (Å²) >= 11 is 0. The number of carboxylic acids is 1. The average molecular weight is 562 g/mol. The fourth-order valence-electron chi connectivity index (χ4n) is 3.71. The van der Waals surface area contributed by atoms with Crippen LogP contribution in [0, 0.1) is 11.8 Å². The number of carboxylic acid groups (broad SMARTS) is 1. The second kappa shape index (κ2) is 16.0. The maximum Gasteiger partial charge on any atom is 0.471 e. The van der Waals surface area contributed by atoms with Crippen LogP contribution in [0.3, 0.4) is 0 Å². The van der Waals surface area contributed by atoms with Crippen molar-refractivity contribution in [2.24, 2.45) is 11.8 Å². The second-order valence-electron chi connectivity index (χ2n) is 9.51. The van der Waals surface area contributed by atoms with Gasteiger partial charge in [0.2, 0.25) is 5.91 Å². The van der Waals surface area contributed by atoms with Crippen molar-refractivity contribution in [3.63, 3.8) is 0 Å². The van der Waals surface area contributed by atoms with Gasteiger partial charge in [-0.2, -0.15) is 13.2 Å². The van der Waals surface area contributed by atoms with E-state index in [-0.39, 0.29) is 31.0 Å². The fourth-order valence-corrected chi connectivity index (χ4v) is 3.71. The summed E-state index contributed by atoms with van der Waals surface area (Å²) in [4.78, 5) is 56.1. The summed E-state index contributed by atoms with van der Waals surface area (Å²) in [7, 11) is 3.83. The Bertz CT molecular complexity index is 974. The number of likely N-dealkylation sites (N-methyl/N-ethyl adjacent to an activating group) is 2. The molecule has 2 amide bonds. The minimum atomic E-state index is -5.09. The first-order valence-electron chi connectivity index (χ1n) is 12.5. The van der Waals surface area contributed by atoms with E-state index < -0.39 is 48.5 Å². The third-order valence-electron chi connectivity index (χ3n) is 5.82. The number of carbonyl (C=O) groups is 4. The smallest absolute Gasteiger partial charge is 0.471 e. The maximum absolute atomic E-state index is 12.9. The molecular weight excluding hydrogens is 523 g/mol. The zero-order valence-electron chi connectivity index (χ0n) is 22.9. The molecule has 0 aliphatic carbocycles. The highest BCUT2D eigenvalue weighted by Gasteiger charge is 2.39. The van der Waals surface area contributed by atoms with Crippen molar-refractivity contribution in [1.82, 2.24) is 25.4 Å². The highest BCUT2D eigenvalue weighted by molar-refractivity contribution is 5.89. The predicted octanol–water partition coefficient (Wildman–Crippen LogP) is 1.53. The molecule has 1 aromatic heterocycles. The van der Waals surface area contributed by atoms with Crippen molar-refractivity contribution >= 4 is 23.8 Å². The third kappa shape index (κ3) is 12.0. The molecule has 220 valence electrons. The molecule has 2 unspecified atom stereocenters. The minimum Gasteiger partial charge on any atom is -0.481 e. The summed E-state index contributed by atoms with van der Waals surface area (Å²) in [5.41, 5.74) is 0.466. The normalized spacial score (nSPS) is 13.2. The van der Waals surface area contributed by atoms with Gasteiger partial charge in [0.1, 0.15) is 6.10 Å². The molecule has 1 heterocycles. The Balaban J connectivity index is 2.86. The number of nitrogens with one attached hydrogen (secondary N) is 2. The fraction of sp³-hybridized carbons (Fsp3) is 0.640. The molecule has 1 rings (SSSR count). The molecule has 0 saturated carbocycles. The molecule has 0 aliphatic heterocycles. The monoisotopic (exact) mass is 561 g/mol. The van der Waals surface area contributed by atoms with Gasteiger partial charge in [0.15, 0.2) is 0 Å². The predicted molar refractivity (Wildman–Crippen MR) is 136 cm³/mol. The molecule has 0 radical (unpaired) electrons. The van der Waals surface area contributed by atoms with Gasteiger partial charge in [-0.15, -0.1) is 0 Å². The highest BCUT2D eigenvalue weighted by Crippen LogP contribution is 2.23. The molecule has 1 aromatic rings. The summed E-state index contributed by atoms with van der Waals surface area (Å²) in [6.07, 6.45) is -5.39. The van der Waals surface area contributed by atoms with Crippen LogP contribution in [-0.2, 0) is 25.7 Å². The second-order valence-corrected chi connectivity index (χ2v) is 9.51. The van der Waals surface area contributed by atoms with Gasteiger partial charge in [0, 0.05) is 45.3 Å². The van der Waals surface area contributed by atoms with Gasteiger partial charge in [-0.25, -0.2) is 4.79 Å². The van der Waals surface area contributed by atoms with Gasteiger partial charge in [0.25, 0.3) is 0 Å². The Labute approximate surface area is 226 Å². The number of halogens is 3. The number of rotatable bonds is 16. The van der Waals surface area contributed by atoms with Crippen molar-refractivity contribution in [1.29, 1.82) is 0 Å². The SMILES string of the molecule is CCN(CCN(C)C)C(=O)CNCc1cc(C(=O)OC(CCNC(=O)C(F)(F)F)C(C(=O)O)C(C)C)ccn1. The van der Waals surface area contributed by atoms with Crippen molar-refractivity contribution < 1.29 is 42.2 Å². The van der Waals surface area contributed by atoms with E-state index in [0.29, 0.717) is 18.8 Å². The Morgan fingerprint density at radius 1 is 1.15 bits per heavy atom. The number of hydrogen-bond acceptors (Lipinski definition) is 8. The Morgan fingerprint density at radius 3 is 2.36 bits per heavy atom. The van der Waals surface area contributed by atoms with Gasteiger partial charge >= 0.3 is 24.0 Å². The molecule has 0 bridgehead atoms. The lowest BCUT2D eigenvalue weighted by Crippen LogP contribution is -2.41. The van der Waals surface area contributed by atoms with Crippen molar-refractivity contribution in [2.45, 2.75) is 46.0 Å². The maximum atomic E-state index is 12.9. The van der Waals surface area contributed by atoms with Crippen LogP contribution < -0.4 is 10.6 Å². The minimum absolute atomic E-state index is 0.0477. The lowest BCUT2D eigenvalue weighted by molar-refractivity contribution is -0.173. The topological polar surface area (TPSA) is 141 Å². The first kappa shape index (κ1) is 33.8. The number of carbonyl (C=O) groups excluding carboxylic acids is 3. The molecule has 14 heteroatoms. The quantitative estimate of drug-likeness (QED) is 0.256. The first-order chi connectivity index (χ1) is 18.2. The van der Waals surface area contributed by atoms with Crippen molar-refractivity contribution in [3.05, 3.63) is 29.6 Å². The van der Waals surface area contributed by atoms with Crippen molar-refractivity contribution in [2.75, 3.05) is 46.8 Å². The van der Waals surface area contributed by atoms with Crippen LogP contribution in [0.4, 0.5) is 13.2 Å². The van der Waals surface area contributed by atoms with E-state index in [1.807, 2.05) is 25.9 Å². The van der Waals surface area contributed by atoms with Crippen LogP contribution in [0.15, 0.2) is 18.3 Å². The number of esters is 1. The van der Waals surface area contributed by atoms with Gasteiger partial charge in [-0.3, -0.25) is 19.4 Å². The van der Waals surface area contributed by atoms with Crippen LogP contribution in [0.5, 0.6) is 0 Å². The number of hydrogen-bond donors (Lipinski definition) is 3. The lowest BCUT2D eigenvalue weighted by Gasteiger charge is -2.27. The van der Waals surface area contributed by atoms with E-state index in [4.69, 9.17) is 4.74 Å². The summed E-state index contributed by atoms with van der Waals surface area (Å²) in [6, 6.07) is 2.77. The summed E-state index contributed by atoms with van der Waals surface area (Å²) in [6.45, 7) is 6.57. The summed E-state index contributed by atoms with van der Waals surface area (Å²) < 4.78 is 42.9. The molecule has 0 saturated heterocycles. The molecule has 0 fully saturated rings. The van der Waals surface area contributed by atoms with E-state index in [2.05, 4.69) is 10.3 Å². The van der Waals surface area contributed by atoms with E-state index in [1.165, 1.54) is 18.3 Å². The highest BCUT2D eigenvalue weighted by atomic mass is 19.4. The number of nitrogens with zero attached hydrogens (tertiary/aromatic N) is 3. The number of aliphatic carboxylic acids is 1. The zero-order valence-corrected chi connectivity index (χ0v) is 22.9. The van der Waals surface area contributed by atoms with Crippen LogP contribution in [-0.4, -0.2) is 103 Å². The van der Waals surface area contributed by atoms with E-state index in [1.54, 1.807) is 24.1 Å². The molecule has 0 spiro atoms. The zero-order chi connectivity index (χ0) is 29.8. The summed E-state index contributed by atoms with van der Waals surface area (Å²) in [5.74, 6) is -6.19. The van der Waals surface area contributed by atoms with E-state index in [9.17, 15) is 37.5 Å². The number of pyridine rings is 1. The molecule has 11 nitrogen and oxygen atoms in total. The van der Waals surface area contributed by atoms with E-state index >= 15 is 0 Å². The molecule has 0 aliphatic rings. The number of aromatic nitrogens is 1. The molecule has 0 aromatic carbocycles. The van der Waals surface area contributed by atoms with Gasteiger partial charge in [-0.05, 0) is 39.1 Å². The number of ether oxygens (including phenoxy) is 1. The van der Waals surface area contributed by atoms with Crippen LogP contribution in [0.2, 0.25) is 0 Å². The molecular formula is C25H38F3N5O6. The first-order valence-corrected chi connectivity index (χ1v) is 12.5. The molecule has 2 atom stereocenters. The molecule has 39 heavy (non-hydrogen) atoms. The van der Waals surface area contributed by atoms with Crippen molar-refractivity contribution in [3.8, 4) is 0 Å². The Morgan fingerprint density at radius 2 is 1.82 bits per heavy atom. The summed E-state index contributed by atoms with van der Waals surface area (Å²) in [5, 5.41) is 14.3. The standard InChI is InChI=1S/C25H38F3N5O6/c1-6-33(12-11-32(4)5)20(34)15-29-14-18-13-17(7-9-30-18)23(37)39-19(21(16(2)3)22(35)36)8-10-31-24(38)25(26,27)28/h7,9,13,16,19,21,29H,6,8,10-12,14-15H2,1-5H3,(H,31,38)(H,35,36). The van der Waals surface area contributed by atoms with Crippen LogP contribution in [0.25, 0.3) is 0 Å². The largest absolute Gasteiger partial charge is 0.481 e. The van der Waals surface area contributed by atoms with E-state index in [0.717, 1.165) is 6.54 Å². The van der Waals surface area contributed by atoms with Crippen LogP contribution in [0.1, 0.15) is 43.2 Å². The van der Waals surface area contributed by atoms with Gasteiger partial charge < -0.3 is 30.3 Å². The Hall–Kier alpha value is -3.26. The molecule has 3 N–H and O–H groups in total. The lowest BCUT2D eigenvalue weighted by atomic mass is 9.88. The Kier molecular flexibility index (Phi) is 13.8. The number of amides is 2. The van der Waals surface area contributed by atoms with Crippen LogP contribution >= 0.6 is 0 Å².